The van der Waals surface area contributed by atoms with Gasteiger partial charge in [-0.1, -0.05) is 12.1 Å². The number of hydrogen-bond donors (Lipinski definition) is 1. The molecule has 0 aliphatic carbocycles. The standard InChI is InChI=1S/C13H13N3O3.BrH/c1-2-19-13(18)11(8-17)16-10-6-4-3-5-9(10)15-7-12(16)14;/h3-8,11,14H,2H2,1H3;1H. The molecule has 0 saturated carbocycles. The number of carbonyl (C=O) groups is 2. The summed E-state index contributed by atoms with van der Waals surface area (Å²) in [5, 5.41) is 0. The van der Waals surface area contributed by atoms with Gasteiger partial charge < -0.3 is 21.7 Å². The average molecular weight is 340 g/mol. The third-order valence-corrected chi connectivity index (χ3v) is 2.69. The lowest BCUT2D eigenvalue weighted by molar-refractivity contribution is -0.657. The quantitative estimate of drug-likeness (QED) is 0.286. The lowest BCUT2D eigenvalue weighted by Crippen LogP contribution is -3.00. The van der Waals surface area contributed by atoms with Crippen molar-refractivity contribution >= 4 is 29.1 Å². The number of esters is 1. The van der Waals surface area contributed by atoms with Crippen molar-refractivity contribution in [3.8, 4) is 0 Å². The van der Waals surface area contributed by atoms with Crippen molar-refractivity contribution in [2.45, 2.75) is 13.0 Å². The van der Waals surface area contributed by atoms with E-state index in [0.717, 1.165) is 0 Å². The summed E-state index contributed by atoms with van der Waals surface area (Å²) in [6.07, 6.45) is 1.93. The summed E-state index contributed by atoms with van der Waals surface area (Å²) >= 11 is 0. The van der Waals surface area contributed by atoms with Crippen LogP contribution in [0.4, 0.5) is 5.82 Å². The Morgan fingerprint density at radius 1 is 1.50 bits per heavy atom. The monoisotopic (exact) mass is 339 g/mol. The van der Waals surface area contributed by atoms with Crippen LogP contribution < -0.4 is 27.3 Å². The predicted molar refractivity (Wildman–Crippen MR) is 68.1 cm³/mol. The first-order valence-corrected chi connectivity index (χ1v) is 5.85. The zero-order valence-corrected chi connectivity index (χ0v) is 12.4. The molecule has 0 bridgehead atoms. The number of nitrogens with two attached hydrogens (primary N) is 1. The molecule has 6 nitrogen and oxygen atoms in total. The molecule has 0 aliphatic rings. The average Bonchev–Trinajstić information content (AvgIpc) is 2.42. The third-order valence-electron chi connectivity index (χ3n) is 2.69. The van der Waals surface area contributed by atoms with Gasteiger partial charge in [0.1, 0.15) is 11.7 Å². The van der Waals surface area contributed by atoms with Gasteiger partial charge in [0.05, 0.1) is 6.61 Å². The van der Waals surface area contributed by atoms with Crippen molar-refractivity contribution < 1.29 is 35.9 Å². The summed E-state index contributed by atoms with van der Waals surface area (Å²) in [6.45, 7) is 1.88. The summed E-state index contributed by atoms with van der Waals surface area (Å²) in [4.78, 5) is 27.2. The summed E-state index contributed by atoms with van der Waals surface area (Å²) in [7, 11) is 0. The number of fused-ring (bicyclic) bond motifs is 1. The summed E-state index contributed by atoms with van der Waals surface area (Å²) < 4.78 is 6.31. The highest BCUT2D eigenvalue weighted by atomic mass is 79.9. The molecule has 1 heterocycles. The Bertz CT molecular complexity index is 633. The lowest BCUT2D eigenvalue weighted by atomic mass is 10.2. The van der Waals surface area contributed by atoms with Crippen LogP contribution in [0.15, 0.2) is 30.5 Å². The van der Waals surface area contributed by atoms with Gasteiger partial charge in [-0.3, -0.25) is 10.5 Å². The van der Waals surface area contributed by atoms with Crippen molar-refractivity contribution in [2.24, 2.45) is 0 Å². The second kappa shape index (κ2) is 6.95. The molecule has 106 valence electrons. The smallest absolute Gasteiger partial charge is 0.359 e. The first-order valence-electron chi connectivity index (χ1n) is 5.85. The number of nitrogens with zero attached hydrogens (tertiary/aromatic N) is 2. The van der Waals surface area contributed by atoms with E-state index in [2.05, 4.69) is 4.98 Å². The molecule has 0 radical (unpaired) electrons. The van der Waals surface area contributed by atoms with E-state index in [0.29, 0.717) is 17.3 Å². The molecular weight excluding hydrogens is 326 g/mol. The topological polar surface area (TPSA) is 86.2 Å². The Labute approximate surface area is 126 Å². The molecule has 1 aromatic carbocycles. The highest BCUT2D eigenvalue weighted by Crippen LogP contribution is 2.11. The van der Waals surface area contributed by atoms with Crippen molar-refractivity contribution in [1.82, 2.24) is 4.98 Å². The number of anilines is 1. The summed E-state index contributed by atoms with van der Waals surface area (Å²) in [5.74, 6) is -0.408. The van der Waals surface area contributed by atoms with Crippen LogP contribution >= 0.6 is 0 Å². The lowest BCUT2D eigenvalue weighted by Gasteiger charge is -2.12. The number of para-hydroxylation sites is 2. The molecule has 0 saturated heterocycles. The number of nitrogen functional groups attached to an aromatic ring is 1. The number of aldehydes is 1. The van der Waals surface area contributed by atoms with E-state index < -0.39 is 12.0 Å². The van der Waals surface area contributed by atoms with E-state index in [4.69, 9.17) is 10.5 Å². The van der Waals surface area contributed by atoms with Crippen LogP contribution in [0.5, 0.6) is 0 Å². The molecular formula is C13H14BrN3O3. The molecule has 1 aromatic heterocycles. The van der Waals surface area contributed by atoms with Crippen LogP contribution in [-0.4, -0.2) is 23.8 Å². The Kier molecular flexibility index (Phi) is 5.57. The minimum atomic E-state index is -1.10. The molecule has 0 aliphatic heterocycles. The molecule has 2 aromatic rings. The first-order chi connectivity index (χ1) is 9.19. The van der Waals surface area contributed by atoms with Crippen molar-refractivity contribution in [3.05, 3.63) is 30.5 Å². The van der Waals surface area contributed by atoms with Crippen LogP contribution in [0.25, 0.3) is 11.0 Å². The molecule has 1 unspecified atom stereocenters. The Morgan fingerprint density at radius 3 is 2.85 bits per heavy atom. The zero-order chi connectivity index (χ0) is 13.8. The van der Waals surface area contributed by atoms with E-state index in [1.165, 1.54) is 10.8 Å². The largest absolute Gasteiger partial charge is 1.00 e. The minimum Gasteiger partial charge on any atom is -1.00 e. The summed E-state index contributed by atoms with van der Waals surface area (Å²) in [5.41, 5.74) is 7.08. The maximum Gasteiger partial charge on any atom is 0.359 e. The van der Waals surface area contributed by atoms with Gasteiger partial charge in [-0.25, -0.2) is 14.3 Å². The van der Waals surface area contributed by atoms with Crippen LogP contribution in [0.2, 0.25) is 0 Å². The van der Waals surface area contributed by atoms with Gasteiger partial charge in [-0.05, 0) is 19.1 Å². The third kappa shape index (κ3) is 2.93. The van der Waals surface area contributed by atoms with Crippen molar-refractivity contribution in [2.75, 3.05) is 12.3 Å². The van der Waals surface area contributed by atoms with Gasteiger partial charge in [0.2, 0.25) is 0 Å². The van der Waals surface area contributed by atoms with E-state index in [9.17, 15) is 9.59 Å². The Balaban J connectivity index is 0.00000200. The fraction of sp³-hybridized carbons (Fsp3) is 0.231. The van der Waals surface area contributed by atoms with E-state index >= 15 is 0 Å². The number of aromatic nitrogens is 2. The number of carbonyl (C=O) groups excluding carboxylic acids is 2. The van der Waals surface area contributed by atoms with Gasteiger partial charge in [0.15, 0.2) is 11.8 Å². The Morgan fingerprint density at radius 2 is 2.20 bits per heavy atom. The van der Waals surface area contributed by atoms with Gasteiger partial charge in [-0.15, -0.1) is 0 Å². The number of halogens is 1. The van der Waals surface area contributed by atoms with Crippen LogP contribution in [-0.2, 0) is 14.3 Å². The molecule has 2 rings (SSSR count). The number of hydrogen-bond acceptors (Lipinski definition) is 5. The molecule has 0 spiro atoms. The summed E-state index contributed by atoms with van der Waals surface area (Å²) in [6, 6.07) is 6.02. The van der Waals surface area contributed by atoms with Gasteiger partial charge >= 0.3 is 5.97 Å². The van der Waals surface area contributed by atoms with E-state index in [1.54, 1.807) is 25.1 Å². The normalized spacial score (nSPS) is 11.4. The molecule has 0 amide bonds. The molecule has 0 fully saturated rings. The molecule has 2 N–H and O–H groups in total. The minimum absolute atomic E-state index is 0. The fourth-order valence-corrected chi connectivity index (χ4v) is 1.87. The molecule has 1 atom stereocenters. The first kappa shape index (κ1) is 16.0. The maximum absolute atomic E-state index is 11.8. The predicted octanol–water partition coefficient (Wildman–Crippen LogP) is -2.59. The number of benzene rings is 1. The second-order valence-corrected chi connectivity index (χ2v) is 3.87. The number of ether oxygens (including phenoxy) is 1. The zero-order valence-electron chi connectivity index (χ0n) is 10.8. The Hall–Kier alpha value is -2.02. The van der Waals surface area contributed by atoms with E-state index in [-0.39, 0.29) is 29.4 Å². The van der Waals surface area contributed by atoms with Gasteiger partial charge in [0, 0.05) is 0 Å². The van der Waals surface area contributed by atoms with Crippen molar-refractivity contribution in [1.29, 1.82) is 0 Å². The molecule has 7 heteroatoms. The van der Waals surface area contributed by atoms with Crippen LogP contribution in [0.1, 0.15) is 13.0 Å². The van der Waals surface area contributed by atoms with Gasteiger partial charge in [0.25, 0.3) is 11.9 Å². The SMILES string of the molecule is CCOC(=O)C(C=O)[n+]1c(N)cnc2ccccc21.[Br-]. The van der Waals surface area contributed by atoms with Crippen LogP contribution in [0, 0.1) is 0 Å². The molecule has 20 heavy (non-hydrogen) atoms. The number of rotatable bonds is 4. The second-order valence-electron chi connectivity index (χ2n) is 3.87. The van der Waals surface area contributed by atoms with E-state index in [1.807, 2.05) is 6.07 Å². The van der Waals surface area contributed by atoms with Crippen LogP contribution in [0.3, 0.4) is 0 Å². The highest BCUT2D eigenvalue weighted by Gasteiger charge is 2.29. The van der Waals surface area contributed by atoms with Crippen molar-refractivity contribution in [3.63, 3.8) is 0 Å². The highest BCUT2D eigenvalue weighted by molar-refractivity contribution is 5.88. The van der Waals surface area contributed by atoms with Gasteiger partial charge in [-0.2, -0.15) is 0 Å². The maximum atomic E-state index is 11.8. The fourth-order valence-electron chi connectivity index (χ4n) is 1.87.